The van der Waals surface area contributed by atoms with E-state index in [9.17, 15) is 8.78 Å². The first-order valence-electron chi connectivity index (χ1n) is 9.48. The molecular weight excluding hydrogens is 336 g/mol. The van der Waals surface area contributed by atoms with Gasteiger partial charge >= 0.3 is 0 Å². The van der Waals surface area contributed by atoms with Crippen molar-refractivity contribution in [3.8, 4) is 0 Å². The Morgan fingerprint density at radius 3 is 2.42 bits per heavy atom. The fourth-order valence-corrected chi connectivity index (χ4v) is 2.90. The van der Waals surface area contributed by atoms with Gasteiger partial charge in [0.2, 0.25) is 5.96 Å². The molecule has 0 spiro atoms. The number of nitrogens with zero attached hydrogens (tertiary/aromatic N) is 2. The lowest BCUT2D eigenvalue weighted by Crippen LogP contribution is -2.45. The molecule has 26 heavy (non-hydrogen) atoms. The summed E-state index contributed by atoms with van der Waals surface area (Å²) in [5.74, 6) is -0.738. The van der Waals surface area contributed by atoms with E-state index in [0.29, 0.717) is 5.96 Å². The second kappa shape index (κ2) is 10.7. The molecule has 0 fully saturated rings. The lowest BCUT2D eigenvalue weighted by molar-refractivity contribution is 0.532. The van der Waals surface area contributed by atoms with Crippen LogP contribution in [0, 0.1) is 11.6 Å². The molecule has 1 unspecified atom stereocenters. The van der Waals surface area contributed by atoms with Gasteiger partial charge in [-0.25, -0.2) is 18.8 Å². The molecule has 0 saturated heterocycles. The van der Waals surface area contributed by atoms with Gasteiger partial charge < -0.3 is 11.1 Å². The normalized spacial score (nSPS) is 16.7. The highest BCUT2D eigenvalue weighted by atomic mass is 19.1. The Labute approximate surface area is 154 Å². The highest BCUT2D eigenvalue weighted by Gasteiger charge is 2.16. The maximum Gasteiger partial charge on any atom is 0.204 e. The minimum Gasteiger partial charge on any atom is -0.370 e. The van der Waals surface area contributed by atoms with Crippen LogP contribution in [0.4, 0.5) is 14.5 Å². The Hall–Kier alpha value is -2.18. The Morgan fingerprint density at radius 1 is 1.04 bits per heavy atom. The summed E-state index contributed by atoms with van der Waals surface area (Å²) in [4.78, 5) is 8.69. The fraction of sp³-hybridized carbons (Fsp3) is 0.579. The van der Waals surface area contributed by atoms with Crippen molar-refractivity contribution < 1.29 is 8.78 Å². The van der Waals surface area contributed by atoms with Gasteiger partial charge in [-0.05, 0) is 25.0 Å². The van der Waals surface area contributed by atoms with Crippen LogP contribution in [0.2, 0.25) is 0 Å². The molecule has 4 N–H and O–H groups in total. The lowest BCUT2D eigenvalue weighted by atomic mass is 10.1. The summed E-state index contributed by atoms with van der Waals surface area (Å²) in [6, 6.07) is 3.33. The molecule has 0 aromatic heterocycles. The lowest BCUT2D eigenvalue weighted by Gasteiger charge is -2.20. The molecule has 0 radical (unpaired) electrons. The number of rotatable bonds is 10. The van der Waals surface area contributed by atoms with E-state index in [2.05, 4.69) is 27.5 Å². The predicted molar refractivity (Wildman–Crippen MR) is 103 cm³/mol. The van der Waals surface area contributed by atoms with E-state index in [4.69, 9.17) is 5.73 Å². The van der Waals surface area contributed by atoms with E-state index in [1.165, 1.54) is 50.7 Å². The second-order valence-electron chi connectivity index (χ2n) is 6.61. The van der Waals surface area contributed by atoms with E-state index >= 15 is 0 Å². The number of nitrogens with one attached hydrogen (secondary N) is 2. The van der Waals surface area contributed by atoms with E-state index in [-0.39, 0.29) is 17.8 Å². The van der Waals surface area contributed by atoms with Gasteiger partial charge in [0.25, 0.3) is 0 Å². The van der Waals surface area contributed by atoms with Gasteiger partial charge in [-0.2, -0.15) is 0 Å². The summed E-state index contributed by atoms with van der Waals surface area (Å²) < 4.78 is 26.7. The maximum absolute atomic E-state index is 13.8. The standard InChI is InChI=1S/C19H29F2N5/c1-2-3-4-5-6-7-8-9-10-17-24-18(22)26-19(25-17)23-16-12-11-14(20)13-15(16)21/h11-13,17H,2-10H2,1H3,(H4,22,23,24,25,26). The van der Waals surface area contributed by atoms with E-state index in [1.54, 1.807) is 0 Å². The minimum atomic E-state index is -0.685. The first-order valence-corrected chi connectivity index (χ1v) is 9.48. The van der Waals surface area contributed by atoms with Crippen LogP contribution in [-0.2, 0) is 0 Å². The van der Waals surface area contributed by atoms with Gasteiger partial charge in [-0.1, -0.05) is 51.9 Å². The van der Waals surface area contributed by atoms with Crippen molar-refractivity contribution in [1.82, 2.24) is 5.32 Å². The highest BCUT2D eigenvalue weighted by Crippen LogP contribution is 2.17. The highest BCUT2D eigenvalue weighted by molar-refractivity contribution is 6.05. The van der Waals surface area contributed by atoms with Crippen LogP contribution in [0.25, 0.3) is 0 Å². The SMILES string of the molecule is CCCCCCCCCCC1N=C(N)NC(Nc2ccc(F)cc2F)=N1. The van der Waals surface area contributed by atoms with Crippen molar-refractivity contribution in [3.63, 3.8) is 0 Å². The molecule has 7 heteroatoms. The van der Waals surface area contributed by atoms with Gasteiger partial charge in [-0.15, -0.1) is 0 Å². The van der Waals surface area contributed by atoms with Gasteiger partial charge in [0.05, 0.1) is 5.69 Å². The van der Waals surface area contributed by atoms with Crippen molar-refractivity contribution in [3.05, 3.63) is 29.8 Å². The number of nitrogens with two attached hydrogens (primary N) is 1. The molecule has 0 saturated carbocycles. The van der Waals surface area contributed by atoms with Crippen molar-refractivity contribution in [2.75, 3.05) is 5.32 Å². The summed E-state index contributed by atoms with van der Waals surface area (Å²) in [6.07, 6.45) is 10.4. The second-order valence-corrected chi connectivity index (χ2v) is 6.61. The summed E-state index contributed by atoms with van der Waals surface area (Å²) in [7, 11) is 0. The van der Waals surface area contributed by atoms with E-state index in [1.807, 2.05) is 0 Å². The van der Waals surface area contributed by atoms with Crippen LogP contribution in [0.15, 0.2) is 28.2 Å². The van der Waals surface area contributed by atoms with Crippen molar-refractivity contribution in [1.29, 1.82) is 0 Å². The third-order valence-corrected chi connectivity index (χ3v) is 4.31. The van der Waals surface area contributed by atoms with Crippen LogP contribution in [0.3, 0.4) is 0 Å². The zero-order valence-electron chi connectivity index (χ0n) is 15.4. The van der Waals surface area contributed by atoms with E-state index in [0.717, 1.165) is 25.3 Å². The number of benzene rings is 1. The maximum atomic E-state index is 13.8. The average molecular weight is 365 g/mol. The Balaban J connectivity index is 1.76. The summed E-state index contributed by atoms with van der Waals surface area (Å²) in [5, 5.41) is 5.58. The van der Waals surface area contributed by atoms with Crippen LogP contribution in [0.1, 0.15) is 64.7 Å². The molecule has 1 aromatic rings. The average Bonchev–Trinajstić information content (AvgIpc) is 2.59. The monoisotopic (exact) mass is 365 g/mol. The largest absolute Gasteiger partial charge is 0.370 e. The van der Waals surface area contributed by atoms with Crippen LogP contribution in [-0.4, -0.2) is 18.1 Å². The molecule has 2 rings (SSSR count). The summed E-state index contributed by atoms with van der Waals surface area (Å²) in [6.45, 7) is 2.22. The Bertz CT molecular complexity index is 630. The van der Waals surface area contributed by atoms with Crippen LogP contribution in [0.5, 0.6) is 0 Å². The molecule has 0 amide bonds. The number of halogens is 2. The van der Waals surface area contributed by atoms with Gasteiger partial charge in [0, 0.05) is 6.07 Å². The number of hydrogen-bond acceptors (Lipinski definition) is 5. The molecule has 1 atom stereocenters. The Morgan fingerprint density at radius 2 is 1.73 bits per heavy atom. The number of unbranched alkanes of at least 4 members (excludes halogenated alkanes) is 7. The molecule has 0 bridgehead atoms. The van der Waals surface area contributed by atoms with Crippen molar-refractivity contribution in [2.24, 2.45) is 15.7 Å². The van der Waals surface area contributed by atoms with Crippen LogP contribution >= 0.6 is 0 Å². The quantitative estimate of drug-likeness (QED) is 0.534. The fourth-order valence-electron chi connectivity index (χ4n) is 2.90. The van der Waals surface area contributed by atoms with Gasteiger partial charge in [-0.3, -0.25) is 5.32 Å². The van der Waals surface area contributed by atoms with Crippen molar-refractivity contribution >= 4 is 17.6 Å². The van der Waals surface area contributed by atoms with Crippen molar-refractivity contribution in [2.45, 2.75) is 70.9 Å². The first kappa shape index (κ1) is 20.1. The van der Waals surface area contributed by atoms with Gasteiger partial charge in [0.1, 0.15) is 17.8 Å². The number of aliphatic imine (C=N–C) groups is 2. The van der Waals surface area contributed by atoms with Gasteiger partial charge in [0.15, 0.2) is 5.96 Å². The first-order chi connectivity index (χ1) is 12.6. The molecular formula is C19H29F2N5. The number of anilines is 1. The molecule has 1 heterocycles. The minimum absolute atomic E-state index is 0.137. The molecule has 1 aliphatic heterocycles. The number of hydrogen-bond donors (Lipinski definition) is 3. The topological polar surface area (TPSA) is 74.8 Å². The molecule has 5 nitrogen and oxygen atoms in total. The molecule has 1 aromatic carbocycles. The number of guanidine groups is 2. The zero-order chi connectivity index (χ0) is 18.8. The zero-order valence-corrected chi connectivity index (χ0v) is 15.4. The third kappa shape index (κ3) is 6.98. The molecule has 144 valence electrons. The van der Waals surface area contributed by atoms with E-state index < -0.39 is 11.6 Å². The smallest absolute Gasteiger partial charge is 0.204 e. The van der Waals surface area contributed by atoms with Crippen LogP contribution < -0.4 is 16.4 Å². The molecule has 1 aliphatic rings. The predicted octanol–water partition coefficient (Wildman–Crippen LogP) is 4.51. The summed E-state index contributed by atoms with van der Waals surface area (Å²) >= 11 is 0. The summed E-state index contributed by atoms with van der Waals surface area (Å²) in [5.41, 5.74) is 5.93. The molecule has 0 aliphatic carbocycles. The Kier molecular flexibility index (Phi) is 8.31. The third-order valence-electron chi connectivity index (χ3n) is 4.31.